The second kappa shape index (κ2) is 6.10. The van der Waals surface area contributed by atoms with Gasteiger partial charge in [0.15, 0.2) is 0 Å². The largest absolute Gasteiger partial charge is 0.392 e. The Labute approximate surface area is 130 Å². The predicted octanol–water partition coefficient (Wildman–Crippen LogP) is 4.19. The van der Waals surface area contributed by atoms with Crippen molar-refractivity contribution in [2.75, 3.05) is 6.54 Å². The van der Waals surface area contributed by atoms with Gasteiger partial charge in [0.05, 0.1) is 6.10 Å². The Balaban J connectivity index is 2.02. The van der Waals surface area contributed by atoms with Gasteiger partial charge in [-0.1, -0.05) is 58.9 Å². The van der Waals surface area contributed by atoms with E-state index in [1.165, 1.54) is 17.5 Å². The number of hydrogen-bond acceptors (Lipinski definition) is 2. The third-order valence-electron chi connectivity index (χ3n) is 4.57. The first-order chi connectivity index (χ1) is 9.69. The van der Waals surface area contributed by atoms with E-state index in [0.29, 0.717) is 12.6 Å². The second-order valence-corrected chi connectivity index (χ2v) is 8.39. The third kappa shape index (κ3) is 4.31. The molecule has 0 radical (unpaired) electrons. The molecule has 0 spiro atoms. The molecule has 2 atom stereocenters. The van der Waals surface area contributed by atoms with Gasteiger partial charge >= 0.3 is 0 Å². The predicted molar refractivity (Wildman–Crippen MR) is 89.5 cm³/mol. The smallest absolute Gasteiger partial charge is 0.0669 e. The Bertz CT molecular complexity index is 473. The molecule has 1 aromatic carbocycles. The van der Waals surface area contributed by atoms with Crippen LogP contribution < -0.4 is 5.32 Å². The molecule has 2 heteroatoms. The Kier molecular flexibility index (Phi) is 4.79. The van der Waals surface area contributed by atoms with Gasteiger partial charge in [-0.25, -0.2) is 0 Å². The third-order valence-corrected chi connectivity index (χ3v) is 4.57. The summed E-state index contributed by atoms with van der Waals surface area (Å²) in [5.41, 5.74) is 3.31. The van der Waals surface area contributed by atoms with Crippen LogP contribution in [0, 0.1) is 5.41 Å². The van der Waals surface area contributed by atoms with E-state index in [9.17, 15) is 5.11 Å². The fourth-order valence-electron chi connectivity index (χ4n) is 3.48. The van der Waals surface area contributed by atoms with Crippen molar-refractivity contribution in [3.05, 3.63) is 35.4 Å². The van der Waals surface area contributed by atoms with Crippen LogP contribution in [-0.2, 0) is 5.41 Å². The monoisotopic (exact) mass is 289 g/mol. The number of rotatable bonds is 4. The fraction of sp³-hybridized carbons (Fsp3) is 0.684. The van der Waals surface area contributed by atoms with E-state index < -0.39 is 0 Å². The van der Waals surface area contributed by atoms with Crippen LogP contribution in [0.4, 0.5) is 0 Å². The molecule has 0 bridgehead atoms. The summed E-state index contributed by atoms with van der Waals surface area (Å²) < 4.78 is 0. The first-order valence-electron chi connectivity index (χ1n) is 8.20. The molecule has 2 N–H and O–H groups in total. The molecule has 0 aromatic heterocycles. The van der Waals surface area contributed by atoms with Crippen LogP contribution in [0.5, 0.6) is 0 Å². The maximum Gasteiger partial charge on any atom is 0.0669 e. The highest BCUT2D eigenvalue weighted by molar-refractivity contribution is 5.38. The summed E-state index contributed by atoms with van der Waals surface area (Å²) in [5.74, 6) is 0. The first-order valence-corrected chi connectivity index (χ1v) is 8.20. The average molecular weight is 289 g/mol. The standard InChI is InChI=1S/C19H31NO/c1-18(2,3)12-14(21)13-20-17-10-11-19(4,5)16-9-7-6-8-15(16)17/h6-9,14,17,20-21H,10-13H2,1-5H3. The molecule has 0 heterocycles. The number of aliphatic hydroxyl groups is 1. The summed E-state index contributed by atoms with van der Waals surface area (Å²) in [6, 6.07) is 9.14. The molecule has 0 aliphatic heterocycles. The molecule has 2 nitrogen and oxygen atoms in total. The average Bonchev–Trinajstić information content (AvgIpc) is 2.36. The summed E-state index contributed by atoms with van der Waals surface area (Å²) in [5, 5.41) is 13.8. The zero-order valence-electron chi connectivity index (χ0n) is 14.2. The lowest BCUT2D eigenvalue weighted by molar-refractivity contribution is 0.115. The molecule has 0 fully saturated rings. The van der Waals surface area contributed by atoms with E-state index in [-0.39, 0.29) is 16.9 Å². The number of hydrogen-bond donors (Lipinski definition) is 2. The van der Waals surface area contributed by atoms with Crippen molar-refractivity contribution in [1.29, 1.82) is 0 Å². The highest BCUT2D eigenvalue weighted by Gasteiger charge is 2.32. The topological polar surface area (TPSA) is 32.3 Å². The molecular weight excluding hydrogens is 258 g/mol. The second-order valence-electron chi connectivity index (χ2n) is 8.39. The minimum Gasteiger partial charge on any atom is -0.392 e. The molecule has 2 unspecified atom stereocenters. The fourth-order valence-corrected chi connectivity index (χ4v) is 3.48. The minimum atomic E-state index is -0.271. The van der Waals surface area contributed by atoms with Crippen molar-refractivity contribution in [2.45, 2.75) is 71.4 Å². The first kappa shape index (κ1) is 16.5. The van der Waals surface area contributed by atoms with Gasteiger partial charge < -0.3 is 10.4 Å². The maximum atomic E-state index is 10.2. The van der Waals surface area contributed by atoms with Gasteiger partial charge in [-0.2, -0.15) is 0 Å². The van der Waals surface area contributed by atoms with E-state index in [4.69, 9.17) is 0 Å². The van der Waals surface area contributed by atoms with E-state index in [0.717, 1.165) is 12.8 Å². The minimum absolute atomic E-state index is 0.174. The van der Waals surface area contributed by atoms with Gasteiger partial charge in [0.2, 0.25) is 0 Å². The van der Waals surface area contributed by atoms with E-state index in [2.05, 4.69) is 64.2 Å². The number of fused-ring (bicyclic) bond motifs is 1. The van der Waals surface area contributed by atoms with Crippen LogP contribution in [0.2, 0.25) is 0 Å². The van der Waals surface area contributed by atoms with E-state index >= 15 is 0 Å². The van der Waals surface area contributed by atoms with Gasteiger partial charge in [-0.15, -0.1) is 0 Å². The molecule has 1 aliphatic rings. The van der Waals surface area contributed by atoms with Gasteiger partial charge in [0, 0.05) is 12.6 Å². The van der Waals surface area contributed by atoms with Crippen molar-refractivity contribution in [2.24, 2.45) is 5.41 Å². The van der Waals surface area contributed by atoms with Crippen molar-refractivity contribution in [1.82, 2.24) is 5.32 Å². The summed E-state index contributed by atoms with van der Waals surface area (Å²) in [7, 11) is 0. The lowest BCUT2D eigenvalue weighted by atomic mass is 9.71. The quantitative estimate of drug-likeness (QED) is 0.871. The number of nitrogens with one attached hydrogen (secondary N) is 1. The molecule has 0 saturated carbocycles. The van der Waals surface area contributed by atoms with Crippen molar-refractivity contribution < 1.29 is 5.11 Å². The lowest BCUT2D eigenvalue weighted by Crippen LogP contribution is -2.37. The lowest BCUT2D eigenvalue weighted by Gasteiger charge is -2.38. The zero-order valence-corrected chi connectivity index (χ0v) is 14.2. The van der Waals surface area contributed by atoms with Crippen molar-refractivity contribution in [3.63, 3.8) is 0 Å². The Morgan fingerprint density at radius 3 is 2.62 bits per heavy atom. The number of benzene rings is 1. The van der Waals surface area contributed by atoms with Crippen LogP contribution in [0.1, 0.15) is 71.0 Å². The van der Waals surface area contributed by atoms with Crippen LogP contribution >= 0.6 is 0 Å². The molecule has 21 heavy (non-hydrogen) atoms. The number of aliphatic hydroxyl groups excluding tert-OH is 1. The molecule has 118 valence electrons. The van der Waals surface area contributed by atoms with Gasteiger partial charge in [-0.05, 0) is 41.2 Å². The SMILES string of the molecule is CC(C)(C)CC(O)CNC1CCC(C)(C)c2ccccc21. The Morgan fingerprint density at radius 1 is 1.29 bits per heavy atom. The molecular formula is C19H31NO. The van der Waals surface area contributed by atoms with E-state index in [1.807, 2.05) is 0 Å². The zero-order chi connectivity index (χ0) is 15.7. The summed E-state index contributed by atoms with van der Waals surface area (Å²) >= 11 is 0. The van der Waals surface area contributed by atoms with Gasteiger partial charge in [-0.3, -0.25) is 0 Å². The highest BCUT2D eigenvalue weighted by atomic mass is 16.3. The summed E-state index contributed by atoms with van der Waals surface area (Å²) in [6.45, 7) is 11.9. The van der Waals surface area contributed by atoms with Crippen molar-refractivity contribution >= 4 is 0 Å². The molecule has 1 aromatic rings. The van der Waals surface area contributed by atoms with Gasteiger partial charge in [0.1, 0.15) is 0 Å². The molecule has 0 saturated heterocycles. The van der Waals surface area contributed by atoms with Crippen LogP contribution in [0.25, 0.3) is 0 Å². The van der Waals surface area contributed by atoms with E-state index in [1.54, 1.807) is 0 Å². The molecule has 1 aliphatic carbocycles. The van der Waals surface area contributed by atoms with Crippen LogP contribution in [-0.4, -0.2) is 17.8 Å². The molecule has 2 rings (SSSR count). The molecule has 0 amide bonds. The van der Waals surface area contributed by atoms with Crippen molar-refractivity contribution in [3.8, 4) is 0 Å². The summed E-state index contributed by atoms with van der Waals surface area (Å²) in [4.78, 5) is 0. The Hall–Kier alpha value is -0.860. The Morgan fingerprint density at radius 2 is 1.95 bits per heavy atom. The summed E-state index contributed by atoms with van der Waals surface area (Å²) in [6.07, 6.45) is 2.90. The van der Waals surface area contributed by atoms with Gasteiger partial charge in [0.25, 0.3) is 0 Å². The van der Waals surface area contributed by atoms with Crippen LogP contribution in [0.15, 0.2) is 24.3 Å². The maximum absolute atomic E-state index is 10.2. The normalized spacial score (nSPS) is 22.7. The van der Waals surface area contributed by atoms with Crippen LogP contribution in [0.3, 0.4) is 0 Å². The highest BCUT2D eigenvalue weighted by Crippen LogP contribution is 2.41.